The largest absolute Gasteiger partial charge is 0.494 e. The van der Waals surface area contributed by atoms with Crippen molar-refractivity contribution < 1.29 is 9.53 Å². The highest BCUT2D eigenvalue weighted by Crippen LogP contribution is 2.20. The molecule has 0 bridgehead atoms. The van der Waals surface area contributed by atoms with Gasteiger partial charge >= 0.3 is 0 Å². The standard InChI is InChI=1S/C24H29N5O2/c1-2-31-22-8-3-6-20(16-22)24(30)28-14-10-19(11-15-28)17-25-18-21-7-4-9-23(27-21)29-13-5-12-26-29/h3-9,12-13,16,19,25H,2,10-11,14-15,17-18H2,1H3. The van der Waals surface area contributed by atoms with Crippen LogP contribution in [0.15, 0.2) is 60.9 Å². The summed E-state index contributed by atoms with van der Waals surface area (Å²) in [6.45, 7) is 5.76. The Balaban J connectivity index is 1.23. The van der Waals surface area contributed by atoms with Crippen LogP contribution in [0.25, 0.3) is 5.82 Å². The van der Waals surface area contributed by atoms with Gasteiger partial charge in [0.15, 0.2) is 5.82 Å². The van der Waals surface area contributed by atoms with Crippen molar-refractivity contribution in [1.29, 1.82) is 0 Å². The number of carbonyl (C=O) groups excluding carboxylic acids is 1. The van der Waals surface area contributed by atoms with Crippen LogP contribution in [0, 0.1) is 5.92 Å². The van der Waals surface area contributed by atoms with Crippen LogP contribution in [0.3, 0.4) is 0 Å². The minimum Gasteiger partial charge on any atom is -0.494 e. The molecule has 7 nitrogen and oxygen atoms in total. The molecular weight excluding hydrogens is 390 g/mol. The summed E-state index contributed by atoms with van der Waals surface area (Å²) in [5, 5.41) is 7.76. The minimum atomic E-state index is 0.0904. The summed E-state index contributed by atoms with van der Waals surface area (Å²) >= 11 is 0. The maximum absolute atomic E-state index is 12.8. The molecule has 0 atom stereocenters. The van der Waals surface area contributed by atoms with E-state index < -0.39 is 0 Å². The second-order valence-electron chi connectivity index (χ2n) is 7.77. The third-order valence-corrected chi connectivity index (χ3v) is 5.56. The molecule has 162 valence electrons. The average molecular weight is 420 g/mol. The summed E-state index contributed by atoms with van der Waals surface area (Å²) in [5.74, 6) is 2.22. The second-order valence-corrected chi connectivity index (χ2v) is 7.77. The number of piperidine rings is 1. The lowest BCUT2D eigenvalue weighted by Crippen LogP contribution is -2.40. The van der Waals surface area contributed by atoms with E-state index in [1.54, 1.807) is 10.9 Å². The fourth-order valence-electron chi connectivity index (χ4n) is 3.91. The summed E-state index contributed by atoms with van der Waals surface area (Å²) in [7, 11) is 0. The van der Waals surface area contributed by atoms with Crippen molar-refractivity contribution in [2.45, 2.75) is 26.3 Å². The van der Waals surface area contributed by atoms with Crippen molar-refractivity contribution in [3.63, 3.8) is 0 Å². The van der Waals surface area contributed by atoms with Gasteiger partial charge in [0.1, 0.15) is 5.75 Å². The van der Waals surface area contributed by atoms with E-state index in [9.17, 15) is 4.79 Å². The van der Waals surface area contributed by atoms with Crippen LogP contribution in [-0.2, 0) is 6.54 Å². The summed E-state index contributed by atoms with van der Waals surface area (Å²) < 4.78 is 7.29. The quantitative estimate of drug-likeness (QED) is 0.607. The number of benzene rings is 1. The Bertz CT molecular complexity index is 981. The molecule has 1 aliphatic heterocycles. The highest BCUT2D eigenvalue weighted by Gasteiger charge is 2.23. The van der Waals surface area contributed by atoms with Crippen LogP contribution in [0.2, 0.25) is 0 Å². The Morgan fingerprint density at radius 3 is 2.77 bits per heavy atom. The van der Waals surface area contributed by atoms with Crippen LogP contribution >= 0.6 is 0 Å². The van der Waals surface area contributed by atoms with Crippen molar-refractivity contribution in [1.82, 2.24) is 25.0 Å². The third kappa shape index (κ3) is 5.49. The van der Waals surface area contributed by atoms with E-state index in [1.165, 1.54) is 0 Å². The Labute approximate surface area is 183 Å². The zero-order valence-corrected chi connectivity index (χ0v) is 17.9. The molecule has 0 radical (unpaired) electrons. The fraction of sp³-hybridized carbons (Fsp3) is 0.375. The molecule has 31 heavy (non-hydrogen) atoms. The van der Waals surface area contributed by atoms with Crippen LogP contribution < -0.4 is 10.1 Å². The van der Waals surface area contributed by atoms with E-state index in [2.05, 4.69) is 15.4 Å². The van der Waals surface area contributed by atoms with E-state index in [4.69, 9.17) is 4.74 Å². The van der Waals surface area contributed by atoms with Crippen LogP contribution in [0.5, 0.6) is 5.75 Å². The maximum atomic E-state index is 12.8. The van der Waals surface area contributed by atoms with E-state index in [0.717, 1.165) is 56.3 Å². The zero-order valence-electron chi connectivity index (χ0n) is 17.9. The number of aromatic nitrogens is 3. The smallest absolute Gasteiger partial charge is 0.253 e. The first kappa shape index (κ1) is 21.1. The lowest BCUT2D eigenvalue weighted by molar-refractivity contribution is 0.0689. The van der Waals surface area contributed by atoms with Gasteiger partial charge in [-0.15, -0.1) is 0 Å². The molecule has 0 unspecified atom stereocenters. The van der Waals surface area contributed by atoms with Gasteiger partial charge in [-0.3, -0.25) is 4.79 Å². The molecule has 1 aliphatic rings. The van der Waals surface area contributed by atoms with Crippen molar-refractivity contribution >= 4 is 5.91 Å². The monoisotopic (exact) mass is 419 g/mol. The van der Waals surface area contributed by atoms with Crippen LogP contribution in [-0.4, -0.2) is 51.8 Å². The number of likely N-dealkylation sites (tertiary alicyclic amines) is 1. The van der Waals surface area contributed by atoms with Gasteiger partial charge in [-0.05, 0) is 68.6 Å². The van der Waals surface area contributed by atoms with E-state index >= 15 is 0 Å². The molecule has 7 heteroatoms. The number of nitrogens with zero attached hydrogens (tertiary/aromatic N) is 4. The molecule has 3 heterocycles. The van der Waals surface area contributed by atoms with Crippen LogP contribution in [0.1, 0.15) is 35.8 Å². The summed E-state index contributed by atoms with van der Waals surface area (Å²) in [5.41, 5.74) is 1.69. The van der Waals surface area contributed by atoms with Gasteiger partial charge in [0, 0.05) is 37.6 Å². The lowest BCUT2D eigenvalue weighted by atomic mass is 9.96. The molecule has 0 spiro atoms. The van der Waals surface area contributed by atoms with Crippen molar-refractivity contribution in [2.24, 2.45) is 5.92 Å². The predicted molar refractivity (Wildman–Crippen MR) is 119 cm³/mol. The molecular formula is C24H29N5O2. The van der Waals surface area contributed by atoms with Gasteiger partial charge in [-0.25, -0.2) is 9.67 Å². The van der Waals surface area contributed by atoms with Crippen LogP contribution in [0.4, 0.5) is 0 Å². The number of rotatable bonds is 8. The van der Waals surface area contributed by atoms with E-state index in [0.29, 0.717) is 18.1 Å². The Hall–Kier alpha value is -3.19. The number of ether oxygens (including phenoxy) is 1. The van der Waals surface area contributed by atoms with E-state index in [-0.39, 0.29) is 5.91 Å². The Morgan fingerprint density at radius 1 is 1.16 bits per heavy atom. The first-order valence-electron chi connectivity index (χ1n) is 10.9. The maximum Gasteiger partial charge on any atom is 0.253 e. The predicted octanol–water partition coefficient (Wildman–Crippen LogP) is 3.31. The fourth-order valence-corrected chi connectivity index (χ4v) is 3.91. The summed E-state index contributed by atoms with van der Waals surface area (Å²) in [4.78, 5) is 19.4. The number of amides is 1. The van der Waals surface area contributed by atoms with Crippen molar-refractivity contribution in [3.05, 3.63) is 72.2 Å². The topological polar surface area (TPSA) is 72.3 Å². The highest BCUT2D eigenvalue weighted by molar-refractivity contribution is 5.94. The van der Waals surface area contributed by atoms with Gasteiger partial charge in [-0.2, -0.15) is 5.10 Å². The molecule has 1 N–H and O–H groups in total. The highest BCUT2D eigenvalue weighted by atomic mass is 16.5. The summed E-state index contributed by atoms with van der Waals surface area (Å²) in [6, 6.07) is 15.3. The van der Waals surface area contributed by atoms with Gasteiger partial charge in [0.25, 0.3) is 5.91 Å². The van der Waals surface area contributed by atoms with Crippen molar-refractivity contribution in [3.8, 4) is 11.6 Å². The van der Waals surface area contributed by atoms with Gasteiger partial charge in [0.2, 0.25) is 0 Å². The molecule has 4 rings (SSSR count). The Morgan fingerprint density at radius 2 is 2.00 bits per heavy atom. The summed E-state index contributed by atoms with van der Waals surface area (Å²) in [6.07, 6.45) is 5.65. The molecule has 1 saturated heterocycles. The molecule has 2 aromatic heterocycles. The minimum absolute atomic E-state index is 0.0904. The zero-order chi connectivity index (χ0) is 21.5. The average Bonchev–Trinajstić information content (AvgIpc) is 3.35. The van der Waals surface area contributed by atoms with E-state index in [1.807, 2.05) is 66.6 Å². The normalized spacial score (nSPS) is 14.5. The van der Waals surface area contributed by atoms with Gasteiger partial charge < -0.3 is 15.0 Å². The molecule has 1 aromatic carbocycles. The number of hydrogen-bond acceptors (Lipinski definition) is 5. The molecule has 1 fully saturated rings. The number of hydrogen-bond donors (Lipinski definition) is 1. The molecule has 0 aliphatic carbocycles. The Kier molecular flexibility index (Phi) is 6.94. The number of carbonyl (C=O) groups is 1. The lowest BCUT2D eigenvalue weighted by Gasteiger charge is -2.32. The first-order valence-corrected chi connectivity index (χ1v) is 10.9. The molecule has 3 aromatic rings. The number of nitrogens with one attached hydrogen (secondary N) is 1. The van der Waals surface area contributed by atoms with Gasteiger partial charge in [0.05, 0.1) is 12.3 Å². The molecule has 0 saturated carbocycles. The second kappa shape index (κ2) is 10.2. The first-order chi connectivity index (χ1) is 15.2. The van der Waals surface area contributed by atoms with Crippen molar-refractivity contribution in [2.75, 3.05) is 26.2 Å². The van der Waals surface area contributed by atoms with Gasteiger partial charge in [-0.1, -0.05) is 12.1 Å². The third-order valence-electron chi connectivity index (χ3n) is 5.56. The molecule has 1 amide bonds. The SMILES string of the molecule is CCOc1cccc(C(=O)N2CCC(CNCc3cccc(-n4cccn4)n3)CC2)c1. The number of pyridine rings is 1.